The third-order valence-electron chi connectivity index (χ3n) is 6.53. The lowest BCUT2D eigenvalue weighted by atomic mass is 10.0. The van der Waals surface area contributed by atoms with Gasteiger partial charge in [0.15, 0.2) is 0 Å². The Morgan fingerprint density at radius 1 is 0.950 bits per heavy atom. The van der Waals surface area contributed by atoms with Crippen LogP contribution in [-0.4, -0.2) is 50.5 Å². The van der Waals surface area contributed by atoms with Crippen molar-refractivity contribution >= 4 is 43.5 Å². The van der Waals surface area contributed by atoms with Crippen LogP contribution in [0.3, 0.4) is 0 Å². The molecule has 0 saturated heterocycles. The maximum absolute atomic E-state index is 13.8. The second-order valence-electron chi connectivity index (χ2n) is 9.92. The van der Waals surface area contributed by atoms with Gasteiger partial charge in [0.1, 0.15) is 6.04 Å². The van der Waals surface area contributed by atoms with Crippen LogP contribution < -0.4 is 9.62 Å². The van der Waals surface area contributed by atoms with E-state index >= 15 is 0 Å². The number of nitrogens with one attached hydrogen (secondary N) is 1. The summed E-state index contributed by atoms with van der Waals surface area (Å²) in [6.07, 6.45) is 2.74. The number of carbonyl (C=O) groups excluding carboxylic acids is 2. The minimum atomic E-state index is -3.55. The molecule has 1 N–H and O–H groups in total. The van der Waals surface area contributed by atoms with E-state index in [4.69, 9.17) is 0 Å². The second kappa shape index (κ2) is 15.0. The van der Waals surface area contributed by atoms with E-state index in [0.29, 0.717) is 25.1 Å². The Balaban J connectivity index is 1.86. The molecule has 0 bridgehead atoms. The summed E-state index contributed by atoms with van der Waals surface area (Å²) in [5, 5.41) is 2.98. The van der Waals surface area contributed by atoms with Gasteiger partial charge in [0.2, 0.25) is 21.8 Å². The second-order valence-corrected chi connectivity index (χ2v) is 12.7. The molecule has 9 heteroatoms. The quantitative estimate of drug-likeness (QED) is 0.257. The van der Waals surface area contributed by atoms with E-state index in [-0.39, 0.29) is 31.3 Å². The van der Waals surface area contributed by atoms with Crippen molar-refractivity contribution < 1.29 is 18.0 Å². The number of carbonyl (C=O) groups is 2. The van der Waals surface area contributed by atoms with Crippen molar-refractivity contribution in [3.05, 3.63) is 100 Å². The van der Waals surface area contributed by atoms with Gasteiger partial charge in [0.05, 0.1) is 11.9 Å². The SMILES string of the molecule is CCCNC(=O)[C@H](Cc1ccccc1)N(Cc1ccc(Br)cc1)C(=O)CCCN(c1cccc(C)c1)S(C)(=O)=O. The summed E-state index contributed by atoms with van der Waals surface area (Å²) in [5.41, 5.74) is 3.37. The maximum atomic E-state index is 13.8. The average molecular weight is 629 g/mol. The third-order valence-corrected chi connectivity index (χ3v) is 8.25. The summed E-state index contributed by atoms with van der Waals surface area (Å²) in [4.78, 5) is 28.9. The predicted octanol–water partition coefficient (Wildman–Crippen LogP) is 5.47. The van der Waals surface area contributed by atoms with E-state index in [2.05, 4.69) is 21.2 Å². The molecule has 2 amide bonds. The first-order valence-corrected chi connectivity index (χ1v) is 16.1. The number of nitrogens with zero attached hydrogens (tertiary/aromatic N) is 2. The van der Waals surface area contributed by atoms with Crippen LogP contribution in [0.1, 0.15) is 42.9 Å². The van der Waals surface area contributed by atoms with Crippen molar-refractivity contribution in [2.45, 2.75) is 52.1 Å². The molecule has 214 valence electrons. The minimum absolute atomic E-state index is 0.0979. The van der Waals surface area contributed by atoms with E-state index < -0.39 is 16.1 Å². The molecule has 3 aromatic carbocycles. The molecule has 3 rings (SSSR count). The molecular weight excluding hydrogens is 590 g/mol. The summed E-state index contributed by atoms with van der Waals surface area (Å²) in [6, 6.07) is 23.9. The molecule has 1 atom stereocenters. The first-order valence-electron chi connectivity index (χ1n) is 13.5. The normalized spacial score (nSPS) is 12.0. The van der Waals surface area contributed by atoms with E-state index in [1.54, 1.807) is 11.0 Å². The number of rotatable bonds is 14. The summed E-state index contributed by atoms with van der Waals surface area (Å²) in [5.74, 6) is -0.401. The Hall–Kier alpha value is -3.17. The van der Waals surface area contributed by atoms with E-state index in [1.807, 2.05) is 86.6 Å². The number of anilines is 1. The van der Waals surface area contributed by atoms with Crippen LogP contribution in [0.5, 0.6) is 0 Å². The summed E-state index contributed by atoms with van der Waals surface area (Å²) < 4.78 is 27.5. The highest BCUT2D eigenvalue weighted by Crippen LogP contribution is 2.21. The van der Waals surface area contributed by atoms with E-state index in [0.717, 1.165) is 27.6 Å². The molecule has 7 nitrogen and oxygen atoms in total. The van der Waals surface area contributed by atoms with Crippen molar-refractivity contribution in [3.8, 4) is 0 Å². The highest BCUT2D eigenvalue weighted by Gasteiger charge is 2.30. The van der Waals surface area contributed by atoms with Crippen LogP contribution >= 0.6 is 15.9 Å². The highest BCUT2D eigenvalue weighted by atomic mass is 79.9. The Labute approximate surface area is 246 Å². The van der Waals surface area contributed by atoms with Crippen LogP contribution in [0.2, 0.25) is 0 Å². The van der Waals surface area contributed by atoms with Gasteiger partial charge >= 0.3 is 0 Å². The fourth-order valence-electron chi connectivity index (χ4n) is 4.49. The molecule has 0 aliphatic rings. The van der Waals surface area contributed by atoms with E-state index in [9.17, 15) is 18.0 Å². The van der Waals surface area contributed by atoms with Crippen LogP contribution in [0.15, 0.2) is 83.3 Å². The number of amides is 2. The molecule has 0 aromatic heterocycles. The largest absolute Gasteiger partial charge is 0.354 e. The smallest absolute Gasteiger partial charge is 0.243 e. The zero-order valence-electron chi connectivity index (χ0n) is 23.3. The number of hydrogen-bond acceptors (Lipinski definition) is 4. The van der Waals surface area contributed by atoms with Crippen molar-refractivity contribution in [1.29, 1.82) is 0 Å². The summed E-state index contributed by atoms with van der Waals surface area (Å²) in [7, 11) is -3.55. The molecular formula is C31H38BrN3O4S. The van der Waals surface area contributed by atoms with Crippen LogP contribution in [0.25, 0.3) is 0 Å². The third kappa shape index (κ3) is 9.48. The maximum Gasteiger partial charge on any atom is 0.243 e. The van der Waals surface area contributed by atoms with Crippen molar-refractivity contribution in [2.75, 3.05) is 23.7 Å². The average Bonchev–Trinajstić information content (AvgIpc) is 2.92. The summed E-state index contributed by atoms with van der Waals surface area (Å²) >= 11 is 3.45. The highest BCUT2D eigenvalue weighted by molar-refractivity contribution is 9.10. The molecule has 3 aromatic rings. The van der Waals surface area contributed by atoms with Gasteiger partial charge in [-0.2, -0.15) is 0 Å². The molecule has 0 radical (unpaired) electrons. The molecule has 0 aliphatic heterocycles. The van der Waals surface area contributed by atoms with Crippen molar-refractivity contribution in [1.82, 2.24) is 10.2 Å². The predicted molar refractivity (Wildman–Crippen MR) is 165 cm³/mol. The standard InChI is InChI=1S/C31H38BrN3O4S/c1-4-19-33-31(37)29(22-25-11-6-5-7-12-25)34(23-26-15-17-27(32)18-16-26)30(36)14-9-20-35(40(3,38)39)28-13-8-10-24(2)21-28/h5-8,10-13,15-18,21,29H,4,9,14,19-20,22-23H2,1-3H3,(H,33,37)/t29-/m0/s1. The fraction of sp³-hybridized carbons (Fsp3) is 0.355. The molecule has 0 aliphatic carbocycles. The Bertz CT molecular complexity index is 1360. The van der Waals surface area contributed by atoms with Crippen LogP contribution in [0.4, 0.5) is 5.69 Å². The van der Waals surface area contributed by atoms with Crippen molar-refractivity contribution in [2.24, 2.45) is 0 Å². The number of halogens is 1. The molecule has 0 fully saturated rings. The number of hydrogen-bond donors (Lipinski definition) is 1. The molecule has 0 spiro atoms. The van der Waals surface area contributed by atoms with Gasteiger partial charge in [0.25, 0.3) is 0 Å². The molecule has 0 saturated carbocycles. The zero-order chi connectivity index (χ0) is 29.1. The molecule has 0 heterocycles. The zero-order valence-corrected chi connectivity index (χ0v) is 25.7. The monoisotopic (exact) mass is 627 g/mol. The van der Waals surface area contributed by atoms with Crippen LogP contribution in [0, 0.1) is 6.92 Å². The Kier molecular flexibility index (Phi) is 11.8. The number of sulfonamides is 1. The lowest BCUT2D eigenvalue weighted by Gasteiger charge is -2.32. The Morgan fingerprint density at radius 2 is 1.65 bits per heavy atom. The minimum Gasteiger partial charge on any atom is -0.354 e. The molecule has 0 unspecified atom stereocenters. The van der Waals surface area contributed by atoms with Crippen LogP contribution in [-0.2, 0) is 32.6 Å². The van der Waals surface area contributed by atoms with Gasteiger partial charge < -0.3 is 10.2 Å². The Morgan fingerprint density at radius 3 is 2.27 bits per heavy atom. The van der Waals surface area contributed by atoms with Gasteiger partial charge in [-0.25, -0.2) is 8.42 Å². The van der Waals surface area contributed by atoms with Crippen molar-refractivity contribution in [3.63, 3.8) is 0 Å². The van der Waals surface area contributed by atoms with Gasteiger partial charge in [-0.3, -0.25) is 13.9 Å². The van der Waals surface area contributed by atoms with Gasteiger partial charge in [-0.15, -0.1) is 0 Å². The lowest BCUT2D eigenvalue weighted by molar-refractivity contribution is -0.141. The van der Waals surface area contributed by atoms with Gasteiger partial charge in [-0.05, 0) is 60.7 Å². The number of benzene rings is 3. The molecule has 40 heavy (non-hydrogen) atoms. The lowest BCUT2D eigenvalue weighted by Crippen LogP contribution is -2.50. The fourth-order valence-corrected chi connectivity index (χ4v) is 5.72. The number of aryl methyl sites for hydroxylation is 1. The first-order chi connectivity index (χ1) is 19.1. The first kappa shape index (κ1) is 31.4. The van der Waals surface area contributed by atoms with Gasteiger partial charge in [0, 0.05) is 36.9 Å². The van der Waals surface area contributed by atoms with Gasteiger partial charge in [-0.1, -0.05) is 77.5 Å². The summed E-state index contributed by atoms with van der Waals surface area (Å²) in [6.45, 7) is 4.83. The topological polar surface area (TPSA) is 86.8 Å². The van der Waals surface area contributed by atoms with E-state index in [1.165, 1.54) is 10.6 Å².